The van der Waals surface area contributed by atoms with E-state index in [1.165, 1.54) is 12.1 Å². The van der Waals surface area contributed by atoms with Crippen LogP contribution < -0.4 is 19.4 Å². The molecule has 0 N–H and O–H groups in total. The summed E-state index contributed by atoms with van der Waals surface area (Å²) in [4.78, 5) is 0. The monoisotopic (exact) mass is 272 g/mol. The van der Waals surface area contributed by atoms with Crippen molar-refractivity contribution in [3.63, 3.8) is 0 Å². The fourth-order valence-corrected chi connectivity index (χ4v) is 1.47. The first kappa shape index (κ1) is 15.1. The van der Waals surface area contributed by atoms with E-state index in [-0.39, 0.29) is 10.8 Å². The lowest BCUT2D eigenvalue weighted by atomic mass is 10.2. The number of rotatable bonds is 8. The first-order chi connectivity index (χ1) is 8.63. The van der Waals surface area contributed by atoms with Gasteiger partial charge in [0.15, 0.2) is 0 Å². The summed E-state index contributed by atoms with van der Waals surface area (Å²) < 4.78 is 15.1. The first-order valence-corrected chi connectivity index (χ1v) is 5.99. The van der Waals surface area contributed by atoms with Crippen LogP contribution in [0.2, 0.25) is 5.02 Å². The Morgan fingerprint density at radius 1 is 1.22 bits per heavy atom. The van der Waals surface area contributed by atoms with E-state index >= 15 is 0 Å². The van der Waals surface area contributed by atoms with Crippen molar-refractivity contribution in [3.8, 4) is 11.5 Å². The predicted octanol–water partition coefficient (Wildman–Crippen LogP) is 0.230. The van der Waals surface area contributed by atoms with Gasteiger partial charge in [-0.25, -0.2) is 0 Å². The third-order valence-electron chi connectivity index (χ3n) is 1.97. The highest BCUT2D eigenvalue weighted by Crippen LogP contribution is 2.28. The van der Waals surface area contributed by atoms with Gasteiger partial charge in [0.1, 0.15) is 19.7 Å². The van der Waals surface area contributed by atoms with Gasteiger partial charge in [-0.2, -0.15) is 0 Å². The Morgan fingerprint density at radius 3 is 2.61 bits per heavy atom. The van der Waals surface area contributed by atoms with Crippen molar-refractivity contribution in [1.82, 2.24) is 0 Å². The van der Waals surface area contributed by atoms with E-state index in [0.29, 0.717) is 25.6 Å². The number of hydrogen-bond acceptors (Lipinski definition) is 5. The average molecular weight is 272 g/mol. The van der Waals surface area contributed by atoms with Crippen LogP contribution in [0.1, 0.15) is 13.3 Å². The molecular weight excluding hydrogens is 258 g/mol. The molecule has 0 unspecified atom stereocenters. The molecule has 0 saturated carbocycles. The summed E-state index contributed by atoms with van der Waals surface area (Å²) >= 11 is 5.90. The van der Waals surface area contributed by atoms with E-state index in [9.17, 15) is 10.0 Å². The number of benzene rings is 1. The van der Waals surface area contributed by atoms with Gasteiger partial charge >= 0.3 is 0 Å². The molecule has 0 bridgehead atoms. The van der Waals surface area contributed by atoms with E-state index in [4.69, 9.17) is 21.1 Å². The molecule has 1 rings (SSSR count). The maximum atomic E-state index is 10.3. The minimum Gasteiger partial charge on any atom is -0.860 e. The third-order valence-corrected chi connectivity index (χ3v) is 2.26. The van der Waals surface area contributed by atoms with Crippen LogP contribution in [0.5, 0.6) is 11.5 Å². The number of hydrogen-bond donors (Lipinski definition) is 0. The topological polar surface area (TPSA) is 73.8 Å². The third kappa shape index (κ3) is 5.60. The van der Waals surface area contributed by atoms with Gasteiger partial charge in [0.25, 0.3) is 0 Å². The van der Waals surface area contributed by atoms with E-state index in [1.54, 1.807) is 6.07 Å². The Balaban J connectivity index is 2.42. The van der Waals surface area contributed by atoms with Gasteiger partial charge in [-0.1, -0.05) is 18.5 Å². The van der Waals surface area contributed by atoms with Crippen LogP contribution in [-0.4, -0.2) is 27.1 Å². The standard InChI is InChI=1S/C11H14BClO5/c1-2-5-16-6-7-17-11-4-3-9(8-10(11)13)18-12(14)15/h3-4,8H,2,5-7H2,1H3/q-2. The van der Waals surface area contributed by atoms with E-state index in [2.05, 4.69) is 4.65 Å². The highest BCUT2D eigenvalue weighted by molar-refractivity contribution is 6.32. The number of ether oxygens (including phenoxy) is 2. The van der Waals surface area contributed by atoms with E-state index < -0.39 is 7.32 Å². The smallest absolute Gasteiger partial charge is 0.138 e. The summed E-state index contributed by atoms with van der Waals surface area (Å²) in [6.07, 6.45) is 0.957. The van der Waals surface area contributed by atoms with Crippen molar-refractivity contribution in [2.75, 3.05) is 19.8 Å². The maximum Gasteiger partial charge on any atom is 0.138 e. The van der Waals surface area contributed by atoms with Gasteiger partial charge in [-0.3, -0.25) is 0 Å². The Labute approximate surface area is 111 Å². The highest BCUT2D eigenvalue weighted by atomic mass is 35.5. The fourth-order valence-electron chi connectivity index (χ4n) is 1.24. The van der Waals surface area contributed by atoms with Crippen LogP contribution in [0.25, 0.3) is 0 Å². The zero-order valence-electron chi connectivity index (χ0n) is 10.1. The van der Waals surface area contributed by atoms with Gasteiger partial charge in [0, 0.05) is 12.7 Å². The molecule has 100 valence electrons. The van der Waals surface area contributed by atoms with Crippen LogP contribution in [0, 0.1) is 0 Å². The average Bonchev–Trinajstić information content (AvgIpc) is 2.30. The van der Waals surface area contributed by atoms with Crippen molar-refractivity contribution >= 4 is 18.9 Å². The largest absolute Gasteiger partial charge is 0.860 e. The molecular formula is C11H14BClO5-2. The Hall–Kier alpha value is -0.945. The summed E-state index contributed by atoms with van der Waals surface area (Å²) in [5, 5.41) is 20.9. The molecule has 18 heavy (non-hydrogen) atoms. The summed E-state index contributed by atoms with van der Waals surface area (Å²) in [6, 6.07) is 4.36. The molecule has 5 nitrogen and oxygen atoms in total. The van der Waals surface area contributed by atoms with Crippen LogP contribution in [0.4, 0.5) is 0 Å². The van der Waals surface area contributed by atoms with Gasteiger partial charge in [-0.15, -0.1) is 0 Å². The summed E-state index contributed by atoms with van der Waals surface area (Å²) in [6.45, 7) is 3.57. The molecule has 0 saturated heterocycles. The van der Waals surface area contributed by atoms with Crippen LogP contribution in [0.3, 0.4) is 0 Å². The Morgan fingerprint density at radius 2 is 2.00 bits per heavy atom. The molecule has 1 aromatic rings. The van der Waals surface area contributed by atoms with Crippen molar-refractivity contribution in [2.45, 2.75) is 13.3 Å². The van der Waals surface area contributed by atoms with Crippen LogP contribution in [0.15, 0.2) is 18.2 Å². The minimum absolute atomic E-state index is 0.129. The second-order valence-electron chi connectivity index (χ2n) is 3.46. The molecule has 0 aliphatic heterocycles. The number of halogens is 1. The van der Waals surface area contributed by atoms with E-state index in [1.807, 2.05) is 6.92 Å². The molecule has 0 aliphatic carbocycles. The van der Waals surface area contributed by atoms with Crippen LogP contribution in [-0.2, 0) is 4.74 Å². The molecule has 0 atom stereocenters. The molecule has 1 aromatic carbocycles. The van der Waals surface area contributed by atoms with Gasteiger partial charge in [0.05, 0.1) is 17.4 Å². The SMILES string of the molecule is CCCOCCOc1ccc(OB([O-])[O-])cc1Cl. The molecule has 0 spiro atoms. The highest BCUT2D eigenvalue weighted by Gasteiger charge is 2.03. The zero-order valence-corrected chi connectivity index (χ0v) is 10.8. The van der Waals surface area contributed by atoms with E-state index in [0.717, 1.165) is 6.42 Å². The fraction of sp³-hybridized carbons (Fsp3) is 0.455. The molecule has 0 aromatic heterocycles. The maximum absolute atomic E-state index is 10.3. The van der Waals surface area contributed by atoms with Gasteiger partial charge in [0.2, 0.25) is 0 Å². The molecule has 0 amide bonds. The molecule has 0 heterocycles. The lowest BCUT2D eigenvalue weighted by Crippen LogP contribution is -2.50. The Kier molecular flexibility index (Phi) is 6.89. The molecule has 7 heteroatoms. The lowest BCUT2D eigenvalue weighted by Gasteiger charge is -2.26. The summed E-state index contributed by atoms with van der Waals surface area (Å²) in [7, 11) is -2.37. The first-order valence-electron chi connectivity index (χ1n) is 5.62. The van der Waals surface area contributed by atoms with Gasteiger partial charge in [-0.05, 0) is 18.6 Å². The normalized spacial score (nSPS) is 10.2. The lowest BCUT2D eigenvalue weighted by molar-refractivity contribution is -0.372. The predicted molar refractivity (Wildman–Crippen MR) is 64.4 cm³/mol. The van der Waals surface area contributed by atoms with Gasteiger partial charge < -0.3 is 24.2 Å². The Bertz CT molecular complexity index is 361. The van der Waals surface area contributed by atoms with Crippen LogP contribution >= 0.6 is 11.6 Å². The summed E-state index contributed by atoms with van der Waals surface area (Å²) in [5.74, 6) is 0.585. The van der Waals surface area contributed by atoms with Crippen molar-refractivity contribution in [2.24, 2.45) is 0 Å². The minimum atomic E-state index is -2.37. The zero-order chi connectivity index (χ0) is 13.4. The second kappa shape index (κ2) is 8.21. The van der Waals surface area contributed by atoms with Crippen molar-refractivity contribution in [3.05, 3.63) is 23.2 Å². The second-order valence-corrected chi connectivity index (χ2v) is 3.87. The summed E-state index contributed by atoms with van der Waals surface area (Å²) in [5.41, 5.74) is 0. The van der Waals surface area contributed by atoms with Crippen molar-refractivity contribution < 1.29 is 24.2 Å². The quantitative estimate of drug-likeness (QED) is 0.500. The molecule has 0 fully saturated rings. The van der Waals surface area contributed by atoms with Crippen molar-refractivity contribution in [1.29, 1.82) is 0 Å². The molecule has 0 aliphatic rings. The molecule has 0 radical (unpaired) electrons.